The van der Waals surface area contributed by atoms with Crippen molar-refractivity contribution in [2.75, 3.05) is 31.1 Å². The molecular weight excluding hydrogens is 304 g/mol. The van der Waals surface area contributed by atoms with Crippen LogP contribution >= 0.6 is 0 Å². The van der Waals surface area contributed by atoms with Gasteiger partial charge in [0, 0.05) is 44.3 Å². The Morgan fingerprint density at radius 1 is 1.12 bits per heavy atom. The van der Waals surface area contributed by atoms with Crippen molar-refractivity contribution < 1.29 is 4.79 Å². The quantitative estimate of drug-likeness (QED) is 0.856. The van der Waals surface area contributed by atoms with Crippen LogP contribution in [0.2, 0.25) is 0 Å². The molecule has 2 aromatic rings. The molecule has 24 heavy (non-hydrogen) atoms. The number of rotatable bonds is 3. The van der Waals surface area contributed by atoms with Gasteiger partial charge < -0.3 is 9.80 Å². The Morgan fingerprint density at radius 3 is 2.54 bits per heavy atom. The van der Waals surface area contributed by atoms with Gasteiger partial charge >= 0.3 is 0 Å². The predicted molar refractivity (Wildman–Crippen MR) is 91.9 cm³/mol. The molecule has 3 heterocycles. The summed E-state index contributed by atoms with van der Waals surface area (Å²) in [5.41, 5.74) is 1.96. The molecule has 7 nitrogen and oxygen atoms in total. The molecule has 0 aromatic carbocycles. The van der Waals surface area contributed by atoms with E-state index in [9.17, 15) is 4.79 Å². The maximum absolute atomic E-state index is 12.9. The average molecular weight is 328 g/mol. The lowest BCUT2D eigenvalue weighted by atomic mass is 10.2. The second-order valence-corrected chi connectivity index (χ2v) is 6.26. The van der Waals surface area contributed by atoms with Crippen LogP contribution in [0, 0.1) is 13.8 Å². The molecule has 1 aliphatic heterocycles. The van der Waals surface area contributed by atoms with Crippen LogP contribution in [0.5, 0.6) is 0 Å². The molecule has 1 atom stereocenters. The van der Waals surface area contributed by atoms with E-state index in [2.05, 4.69) is 20.0 Å². The van der Waals surface area contributed by atoms with Gasteiger partial charge in [-0.15, -0.1) is 0 Å². The van der Waals surface area contributed by atoms with Crippen molar-refractivity contribution >= 4 is 11.9 Å². The van der Waals surface area contributed by atoms with Gasteiger partial charge in [-0.1, -0.05) is 0 Å². The third-order valence-corrected chi connectivity index (χ3v) is 4.41. The van der Waals surface area contributed by atoms with Crippen molar-refractivity contribution in [3.05, 3.63) is 35.9 Å². The van der Waals surface area contributed by atoms with Crippen LogP contribution in [0.15, 0.2) is 24.5 Å². The number of hydrogen-bond donors (Lipinski definition) is 0. The van der Waals surface area contributed by atoms with Gasteiger partial charge in [-0.3, -0.25) is 9.48 Å². The highest BCUT2D eigenvalue weighted by Gasteiger charge is 2.26. The molecule has 0 bridgehead atoms. The Hall–Kier alpha value is -2.44. The summed E-state index contributed by atoms with van der Waals surface area (Å²) in [6.07, 6.45) is 4.41. The summed E-state index contributed by atoms with van der Waals surface area (Å²) in [6, 6.07) is 3.53. The monoisotopic (exact) mass is 328 g/mol. The average Bonchev–Trinajstić information content (AvgIpc) is 2.79. The number of aryl methyl sites for hydroxylation is 2. The molecule has 1 saturated heterocycles. The number of hydrogen-bond acceptors (Lipinski definition) is 5. The molecule has 3 rings (SSSR count). The maximum Gasteiger partial charge on any atom is 0.247 e. The molecule has 0 saturated carbocycles. The Balaban J connectivity index is 1.67. The van der Waals surface area contributed by atoms with Crippen LogP contribution in [0.3, 0.4) is 0 Å². The van der Waals surface area contributed by atoms with E-state index < -0.39 is 0 Å². The van der Waals surface area contributed by atoms with E-state index in [1.807, 2.05) is 42.5 Å². The summed E-state index contributed by atoms with van der Waals surface area (Å²) in [5, 5.41) is 4.45. The zero-order valence-electron chi connectivity index (χ0n) is 14.5. The molecule has 0 spiro atoms. The van der Waals surface area contributed by atoms with E-state index in [1.165, 1.54) is 0 Å². The molecule has 2 aromatic heterocycles. The summed E-state index contributed by atoms with van der Waals surface area (Å²) in [6.45, 7) is 8.91. The molecule has 1 aliphatic rings. The van der Waals surface area contributed by atoms with Crippen molar-refractivity contribution in [3.63, 3.8) is 0 Å². The third-order valence-electron chi connectivity index (χ3n) is 4.41. The SMILES string of the molecule is Cc1cc(C)n([C@@H](C)C(=O)N2CCCN(c3ncccn3)CC2)n1. The lowest BCUT2D eigenvalue weighted by Crippen LogP contribution is -2.39. The van der Waals surface area contributed by atoms with E-state index in [0.29, 0.717) is 6.54 Å². The van der Waals surface area contributed by atoms with Gasteiger partial charge in [0.25, 0.3) is 0 Å². The Bertz CT molecular complexity index is 698. The number of amides is 1. The van der Waals surface area contributed by atoms with Gasteiger partial charge in [-0.25, -0.2) is 9.97 Å². The minimum Gasteiger partial charge on any atom is -0.339 e. The number of nitrogens with zero attached hydrogens (tertiary/aromatic N) is 6. The van der Waals surface area contributed by atoms with Gasteiger partial charge in [0.1, 0.15) is 6.04 Å². The predicted octanol–water partition coefficient (Wildman–Crippen LogP) is 1.59. The van der Waals surface area contributed by atoms with Crippen LogP contribution < -0.4 is 4.90 Å². The van der Waals surface area contributed by atoms with Crippen LogP contribution in [0.1, 0.15) is 30.8 Å². The van der Waals surface area contributed by atoms with Crippen molar-refractivity contribution in [3.8, 4) is 0 Å². The van der Waals surface area contributed by atoms with Crippen LogP contribution in [-0.2, 0) is 4.79 Å². The van der Waals surface area contributed by atoms with E-state index in [1.54, 1.807) is 12.4 Å². The minimum atomic E-state index is -0.279. The molecule has 0 aliphatic carbocycles. The molecule has 0 radical (unpaired) electrons. The Labute approximate surface area is 142 Å². The normalized spacial score (nSPS) is 16.8. The van der Waals surface area contributed by atoms with Crippen molar-refractivity contribution in [2.24, 2.45) is 0 Å². The zero-order valence-corrected chi connectivity index (χ0v) is 14.5. The lowest BCUT2D eigenvalue weighted by Gasteiger charge is -2.25. The van der Waals surface area contributed by atoms with E-state index in [-0.39, 0.29) is 11.9 Å². The molecule has 7 heteroatoms. The summed E-state index contributed by atoms with van der Waals surface area (Å²) in [4.78, 5) is 25.6. The summed E-state index contributed by atoms with van der Waals surface area (Å²) < 4.78 is 1.82. The zero-order chi connectivity index (χ0) is 17.1. The second kappa shape index (κ2) is 6.98. The third kappa shape index (κ3) is 3.39. The van der Waals surface area contributed by atoms with Gasteiger partial charge in [0.2, 0.25) is 11.9 Å². The maximum atomic E-state index is 12.9. The molecule has 128 valence electrons. The van der Waals surface area contributed by atoms with Crippen LogP contribution in [-0.4, -0.2) is 56.7 Å². The topological polar surface area (TPSA) is 67.2 Å². The first kappa shape index (κ1) is 16.4. The number of carbonyl (C=O) groups is 1. The smallest absolute Gasteiger partial charge is 0.247 e. The Morgan fingerprint density at radius 2 is 1.88 bits per heavy atom. The van der Waals surface area contributed by atoms with Crippen LogP contribution in [0.4, 0.5) is 5.95 Å². The fourth-order valence-electron chi connectivity index (χ4n) is 3.20. The molecule has 0 unspecified atom stereocenters. The highest BCUT2D eigenvalue weighted by atomic mass is 16.2. The van der Waals surface area contributed by atoms with Gasteiger partial charge in [-0.05, 0) is 39.3 Å². The fraction of sp³-hybridized carbons (Fsp3) is 0.529. The van der Waals surface area contributed by atoms with Crippen LogP contribution in [0.25, 0.3) is 0 Å². The minimum absolute atomic E-state index is 0.122. The molecular formula is C17H24N6O. The summed E-state index contributed by atoms with van der Waals surface area (Å²) in [7, 11) is 0. The number of carbonyl (C=O) groups excluding carboxylic acids is 1. The van der Waals surface area contributed by atoms with Crippen molar-refractivity contribution in [1.82, 2.24) is 24.6 Å². The highest BCUT2D eigenvalue weighted by Crippen LogP contribution is 2.16. The Kier molecular flexibility index (Phi) is 4.78. The van der Waals surface area contributed by atoms with Gasteiger partial charge in [0.05, 0.1) is 5.69 Å². The first-order valence-electron chi connectivity index (χ1n) is 8.40. The number of aromatic nitrogens is 4. The summed E-state index contributed by atoms with van der Waals surface area (Å²) in [5.74, 6) is 0.857. The van der Waals surface area contributed by atoms with Gasteiger partial charge in [-0.2, -0.15) is 5.10 Å². The van der Waals surface area contributed by atoms with Crippen molar-refractivity contribution in [2.45, 2.75) is 33.2 Å². The number of anilines is 1. The largest absolute Gasteiger partial charge is 0.339 e. The van der Waals surface area contributed by atoms with Gasteiger partial charge in [0.15, 0.2) is 0 Å². The van der Waals surface area contributed by atoms with E-state index >= 15 is 0 Å². The fourth-order valence-corrected chi connectivity index (χ4v) is 3.20. The first-order chi connectivity index (χ1) is 11.6. The molecule has 0 N–H and O–H groups in total. The highest BCUT2D eigenvalue weighted by molar-refractivity contribution is 5.80. The van der Waals surface area contributed by atoms with E-state index in [4.69, 9.17) is 0 Å². The molecule has 1 fully saturated rings. The standard InChI is InChI=1S/C17H24N6O/c1-13-12-14(2)23(20-13)15(3)16(24)21-8-5-9-22(11-10-21)17-18-6-4-7-19-17/h4,6-7,12,15H,5,8-11H2,1-3H3/t15-/m0/s1. The molecule has 1 amide bonds. The van der Waals surface area contributed by atoms with Crippen molar-refractivity contribution in [1.29, 1.82) is 0 Å². The second-order valence-electron chi connectivity index (χ2n) is 6.26. The summed E-state index contributed by atoms with van der Waals surface area (Å²) >= 11 is 0. The first-order valence-corrected chi connectivity index (χ1v) is 8.40. The lowest BCUT2D eigenvalue weighted by molar-refractivity contribution is -0.134. The van der Waals surface area contributed by atoms with E-state index in [0.717, 1.165) is 43.4 Å².